The Hall–Kier alpha value is -1.36. The van der Waals surface area contributed by atoms with Crippen LogP contribution in [-0.2, 0) is 0 Å². The normalized spacial score (nSPS) is 16.7. The van der Waals surface area contributed by atoms with E-state index in [1.54, 1.807) is 0 Å². The Labute approximate surface area is 121 Å². The maximum absolute atomic E-state index is 12.3. The van der Waals surface area contributed by atoms with Crippen LogP contribution in [0.2, 0.25) is 0 Å². The lowest BCUT2D eigenvalue weighted by molar-refractivity contribution is 0.0919. The molecule has 1 heterocycles. The number of likely N-dealkylation sites (N-methyl/N-ethyl adjacent to an activating group) is 1. The molecule has 0 saturated heterocycles. The Bertz CT molecular complexity index is 438. The van der Waals surface area contributed by atoms with Gasteiger partial charge in [0.1, 0.15) is 5.69 Å². The van der Waals surface area contributed by atoms with Crippen molar-refractivity contribution < 1.29 is 4.79 Å². The molecule has 112 valence electrons. The van der Waals surface area contributed by atoms with E-state index in [9.17, 15) is 4.79 Å². The van der Waals surface area contributed by atoms with Gasteiger partial charge < -0.3 is 10.2 Å². The molecule has 1 atom stereocenters. The van der Waals surface area contributed by atoms with E-state index < -0.39 is 0 Å². The fourth-order valence-corrected chi connectivity index (χ4v) is 2.50. The van der Waals surface area contributed by atoms with E-state index in [1.807, 2.05) is 20.2 Å². The van der Waals surface area contributed by atoms with Crippen molar-refractivity contribution in [2.24, 2.45) is 5.92 Å². The SMILES string of the molecule is CC(C)C[C@H](CN(C)C)NC(=O)c1cc(C2CC2)[nH]n1. The summed E-state index contributed by atoms with van der Waals surface area (Å²) in [6, 6.07) is 2.06. The smallest absolute Gasteiger partial charge is 0.272 e. The van der Waals surface area contributed by atoms with Gasteiger partial charge >= 0.3 is 0 Å². The van der Waals surface area contributed by atoms with Crippen molar-refractivity contribution >= 4 is 5.91 Å². The van der Waals surface area contributed by atoms with E-state index in [2.05, 4.69) is 34.3 Å². The Balaban J connectivity index is 1.94. The van der Waals surface area contributed by atoms with Crippen LogP contribution in [-0.4, -0.2) is 47.7 Å². The Morgan fingerprint density at radius 3 is 2.75 bits per heavy atom. The highest BCUT2D eigenvalue weighted by molar-refractivity contribution is 5.92. The second-order valence-corrected chi connectivity index (χ2v) is 6.54. The molecular formula is C15H26N4O. The largest absolute Gasteiger partial charge is 0.347 e. The first-order valence-corrected chi connectivity index (χ1v) is 7.46. The van der Waals surface area contributed by atoms with Gasteiger partial charge in [-0.1, -0.05) is 13.8 Å². The summed E-state index contributed by atoms with van der Waals surface area (Å²) >= 11 is 0. The van der Waals surface area contributed by atoms with Gasteiger partial charge in [0, 0.05) is 24.2 Å². The number of H-pyrrole nitrogens is 1. The molecule has 0 spiro atoms. The fourth-order valence-electron chi connectivity index (χ4n) is 2.50. The lowest BCUT2D eigenvalue weighted by Gasteiger charge is -2.23. The van der Waals surface area contributed by atoms with E-state index in [0.29, 0.717) is 17.5 Å². The van der Waals surface area contributed by atoms with Crippen molar-refractivity contribution in [1.29, 1.82) is 0 Å². The van der Waals surface area contributed by atoms with Gasteiger partial charge in [-0.2, -0.15) is 5.10 Å². The van der Waals surface area contributed by atoms with Crippen molar-refractivity contribution in [2.45, 2.75) is 45.1 Å². The van der Waals surface area contributed by atoms with Gasteiger partial charge in [-0.05, 0) is 45.3 Å². The number of aromatic nitrogens is 2. The first kappa shape index (κ1) is 15.0. The molecule has 1 aliphatic carbocycles. The van der Waals surface area contributed by atoms with Gasteiger partial charge in [0.25, 0.3) is 5.91 Å². The van der Waals surface area contributed by atoms with Crippen LogP contribution in [0, 0.1) is 5.92 Å². The van der Waals surface area contributed by atoms with E-state index in [4.69, 9.17) is 0 Å². The maximum Gasteiger partial charge on any atom is 0.272 e. The summed E-state index contributed by atoms with van der Waals surface area (Å²) in [7, 11) is 4.05. The third-order valence-corrected chi connectivity index (χ3v) is 3.52. The van der Waals surface area contributed by atoms with Crippen LogP contribution in [0.15, 0.2) is 6.07 Å². The number of aromatic amines is 1. The molecule has 2 N–H and O–H groups in total. The molecule has 0 aromatic carbocycles. The fraction of sp³-hybridized carbons (Fsp3) is 0.733. The number of hydrogen-bond donors (Lipinski definition) is 2. The lowest BCUT2D eigenvalue weighted by Crippen LogP contribution is -2.42. The Kier molecular flexibility index (Phi) is 4.81. The average Bonchev–Trinajstić information content (AvgIpc) is 3.05. The number of carbonyl (C=O) groups excluding carboxylic acids is 1. The van der Waals surface area contributed by atoms with Gasteiger partial charge in [-0.15, -0.1) is 0 Å². The lowest BCUT2D eigenvalue weighted by atomic mass is 10.0. The number of amides is 1. The van der Waals surface area contributed by atoms with Gasteiger partial charge in [0.15, 0.2) is 0 Å². The minimum atomic E-state index is -0.0688. The summed E-state index contributed by atoms with van der Waals surface area (Å²) in [4.78, 5) is 14.4. The molecule has 20 heavy (non-hydrogen) atoms. The molecule has 5 nitrogen and oxygen atoms in total. The molecule has 0 aliphatic heterocycles. The third-order valence-electron chi connectivity index (χ3n) is 3.52. The summed E-state index contributed by atoms with van der Waals surface area (Å²) in [5.74, 6) is 1.08. The zero-order valence-electron chi connectivity index (χ0n) is 12.9. The molecule has 2 rings (SSSR count). The van der Waals surface area contributed by atoms with Gasteiger partial charge in [-0.3, -0.25) is 9.89 Å². The van der Waals surface area contributed by atoms with E-state index in [0.717, 1.165) is 18.7 Å². The molecule has 1 amide bonds. The number of nitrogens with one attached hydrogen (secondary N) is 2. The molecule has 1 fully saturated rings. The first-order valence-electron chi connectivity index (χ1n) is 7.46. The molecule has 1 saturated carbocycles. The Morgan fingerprint density at radius 2 is 2.20 bits per heavy atom. The van der Waals surface area contributed by atoms with Crippen molar-refractivity contribution in [3.8, 4) is 0 Å². The molecule has 0 bridgehead atoms. The second kappa shape index (κ2) is 6.39. The summed E-state index contributed by atoms with van der Waals surface area (Å²) in [5.41, 5.74) is 1.61. The molecule has 0 radical (unpaired) electrons. The zero-order valence-corrected chi connectivity index (χ0v) is 12.9. The Morgan fingerprint density at radius 1 is 1.50 bits per heavy atom. The number of hydrogen-bond acceptors (Lipinski definition) is 3. The summed E-state index contributed by atoms with van der Waals surface area (Å²) in [6.07, 6.45) is 3.39. The standard InChI is InChI=1S/C15H26N4O/c1-10(2)7-12(9-19(3)4)16-15(20)14-8-13(17-18-14)11-5-6-11/h8,10-12H,5-7,9H2,1-4H3,(H,16,20)(H,17,18)/t12-/m1/s1. The molecule has 1 aromatic rings. The maximum atomic E-state index is 12.3. The van der Waals surface area contributed by atoms with Crippen LogP contribution >= 0.6 is 0 Å². The molecular weight excluding hydrogens is 252 g/mol. The van der Waals surface area contributed by atoms with Crippen LogP contribution < -0.4 is 5.32 Å². The topological polar surface area (TPSA) is 61.0 Å². The summed E-state index contributed by atoms with van der Waals surface area (Å²) < 4.78 is 0. The van der Waals surface area contributed by atoms with Crippen LogP contribution in [0.4, 0.5) is 0 Å². The summed E-state index contributed by atoms with van der Waals surface area (Å²) in [5, 5.41) is 10.2. The van der Waals surface area contributed by atoms with Crippen molar-refractivity contribution in [3.05, 3.63) is 17.5 Å². The third kappa shape index (κ3) is 4.34. The predicted molar refractivity (Wildman–Crippen MR) is 79.8 cm³/mol. The van der Waals surface area contributed by atoms with Crippen molar-refractivity contribution in [2.75, 3.05) is 20.6 Å². The first-order chi connectivity index (χ1) is 9.45. The van der Waals surface area contributed by atoms with Gasteiger partial charge in [0.2, 0.25) is 0 Å². The van der Waals surface area contributed by atoms with E-state index in [1.165, 1.54) is 12.8 Å². The average molecular weight is 278 g/mol. The molecule has 5 heteroatoms. The monoisotopic (exact) mass is 278 g/mol. The predicted octanol–water partition coefficient (Wildman–Crippen LogP) is 1.99. The highest BCUT2D eigenvalue weighted by Crippen LogP contribution is 2.38. The molecule has 1 aliphatic rings. The second-order valence-electron chi connectivity index (χ2n) is 6.54. The minimum absolute atomic E-state index is 0.0688. The molecule has 1 aromatic heterocycles. The van der Waals surface area contributed by atoms with Crippen molar-refractivity contribution in [3.63, 3.8) is 0 Å². The number of carbonyl (C=O) groups is 1. The van der Waals surface area contributed by atoms with Gasteiger partial charge in [0.05, 0.1) is 0 Å². The zero-order chi connectivity index (χ0) is 14.7. The van der Waals surface area contributed by atoms with Crippen LogP contribution in [0.25, 0.3) is 0 Å². The highest BCUT2D eigenvalue weighted by Gasteiger charge is 2.27. The van der Waals surface area contributed by atoms with Crippen LogP contribution in [0.1, 0.15) is 55.2 Å². The minimum Gasteiger partial charge on any atom is -0.347 e. The summed E-state index contributed by atoms with van der Waals surface area (Å²) in [6.45, 7) is 5.20. The quantitative estimate of drug-likeness (QED) is 0.802. The number of nitrogens with zero attached hydrogens (tertiary/aromatic N) is 2. The van der Waals surface area contributed by atoms with Crippen LogP contribution in [0.5, 0.6) is 0 Å². The van der Waals surface area contributed by atoms with E-state index >= 15 is 0 Å². The van der Waals surface area contributed by atoms with Gasteiger partial charge in [-0.25, -0.2) is 0 Å². The van der Waals surface area contributed by atoms with Crippen LogP contribution in [0.3, 0.4) is 0 Å². The number of rotatable bonds is 7. The highest BCUT2D eigenvalue weighted by atomic mass is 16.2. The molecule has 0 unspecified atom stereocenters. The van der Waals surface area contributed by atoms with Crippen molar-refractivity contribution in [1.82, 2.24) is 20.4 Å². The van der Waals surface area contributed by atoms with E-state index in [-0.39, 0.29) is 11.9 Å².